The molecular formula is C22H34N2O3. The molecule has 1 aromatic carbocycles. The van der Waals surface area contributed by atoms with Crippen LogP contribution in [0.1, 0.15) is 43.7 Å². The maximum absolute atomic E-state index is 12.5. The number of rotatable bonds is 7. The van der Waals surface area contributed by atoms with Crippen LogP contribution in [0.4, 0.5) is 0 Å². The highest BCUT2D eigenvalue weighted by molar-refractivity contribution is 5.76. The SMILES string of the molecule is CCOc1ccc(CCCC(=O)N2CCC(N3CCOCC3)CC2)cc1C. The first kappa shape index (κ1) is 20.2. The summed E-state index contributed by atoms with van der Waals surface area (Å²) in [5.41, 5.74) is 2.46. The van der Waals surface area contributed by atoms with Crippen LogP contribution in [-0.2, 0) is 16.0 Å². The maximum atomic E-state index is 12.5. The van der Waals surface area contributed by atoms with Crippen molar-refractivity contribution in [2.24, 2.45) is 0 Å². The van der Waals surface area contributed by atoms with Crippen molar-refractivity contribution in [1.29, 1.82) is 0 Å². The molecule has 2 aliphatic rings. The fourth-order valence-electron chi connectivity index (χ4n) is 4.21. The van der Waals surface area contributed by atoms with Crippen molar-refractivity contribution in [3.63, 3.8) is 0 Å². The number of piperidine rings is 1. The summed E-state index contributed by atoms with van der Waals surface area (Å²) in [4.78, 5) is 17.2. The van der Waals surface area contributed by atoms with E-state index in [2.05, 4.69) is 28.9 Å². The van der Waals surface area contributed by atoms with Gasteiger partial charge < -0.3 is 14.4 Å². The van der Waals surface area contributed by atoms with Crippen LogP contribution in [0.5, 0.6) is 5.75 Å². The van der Waals surface area contributed by atoms with E-state index in [0.717, 1.165) is 70.8 Å². The molecule has 0 unspecified atom stereocenters. The average Bonchev–Trinajstić information content (AvgIpc) is 2.71. The molecule has 2 saturated heterocycles. The van der Waals surface area contributed by atoms with Gasteiger partial charge in [-0.25, -0.2) is 0 Å². The first-order valence-electron chi connectivity index (χ1n) is 10.5. The van der Waals surface area contributed by atoms with Crippen LogP contribution < -0.4 is 4.74 Å². The van der Waals surface area contributed by atoms with Gasteiger partial charge in [-0.2, -0.15) is 0 Å². The van der Waals surface area contributed by atoms with E-state index in [1.807, 2.05) is 13.0 Å². The lowest BCUT2D eigenvalue weighted by Crippen LogP contribution is -2.50. The molecule has 5 nitrogen and oxygen atoms in total. The summed E-state index contributed by atoms with van der Waals surface area (Å²) in [6.45, 7) is 10.4. The number of benzene rings is 1. The Kier molecular flexibility index (Phi) is 7.53. The smallest absolute Gasteiger partial charge is 0.222 e. The molecule has 5 heteroatoms. The third-order valence-electron chi connectivity index (χ3n) is 5.77. The highest BCUT2D eigenvalue weighted by atomic mass is 16.5. The number of nitrogens with zero attached hydrogens (tertiary/aromatic N) is 2. The lowest BCUT2D eigenvalue weighted by atomic mass is 10.0. The van der Waals surface area contributed by atoms with Gasteiger partial charge in [0, 0.05) is 38.6 Å². The number of amides is 1. The minimum Gasteiger partial charge on any atom is -0.494 e. The topological polar surface area (TPSA) is 42.0 Å². The molecule has 0 saturated carbocycles. The Morgan fingerprint density at radius 3 is 2.59 bits per heavy atom. The Morgan fingerprint density at radius 1 is 1.19 bits per heavy atom. The molecule has 0 spiro atoms. The van der Waals surface area contributed by atoms with Gasteiger partial charge in [-0.1, -0.05) is 12.1 Å². The lowest BCUT2D eigenvalue weighted by Gasteiger charge is -2.40. The van der Waals surface area contributed by atoms with Gasteiger partial charge in [0.05, 0.1) is 19.8 Å². The lowest BCUT2D eigenvalue weighted by molar-refractivity contribution is -0.133. The molecular weight excluding hydrogens is 340 g/mol. The molecule has 0 N–H and O–H groups in total. The molecule has 27 heavy (non-hydrogen) atoms. The molecule has 0 radical (unpaired) electrons. The van der Waals surface area contributed by atoms with E-state index < -0.39 is 0 Å². The normalized spacial score (nSPS) is 19.3. The minimum absolute atomic E-state index is 0.318. The Hall–Kier alpha value is -1.59. The molecule has 1 aromatic rings. The van der Waals surface area contributed by atoms with E-state index in [-0.39, 0.29) is 0 Å². The van der Waals surface area contributed by atoms with Gasteiger partial charge in [0.2, 0.25) is 5.91 Å². The average molecular weight is 375 g/mol. The number of ether oxygens (including phenoxy) is 2. The second-order valence-corrected chi connectivity index (χ2v) is 7.65. The summed E-state index contributed by atoms with van der Waals surface area (Å²) in [5.74, 6) is 1.28. The predicted molar refractivity (Wildman–Crippen MR) is 107 cm³/mol. The van der Waals surface area contributed by atoms with E-state index in [4.69, 9.17) is 9.47 Å². The van der Waals surface area contributed by atoms with Gasteiger partial charge >= 0.3 is 0 Å². The van der Waals surface area contributed by atoms with Crippen LogP contribution in [-0.4, -0.2) is 67.7 Å². The molecule has 2 aliphatic heterocycles. The summed E-state index contributed by atoms with van der Waals surface area (Å²) in [6, 6.07) is 6.98. The molecule has 150 valence electrons. The van der Waals surface area contributed by atoms with Gasteiger partial charge in [0.15, 0.2) is 0 Å². The number of carbonyl (C=O) groups excluding carboxylic acids is 1. The van der Waals surface area contributed by atoms with Crippen LogP contribution in [0.25, 0.3) is 0 Å². The van der Waals surface area contributed by atoms with Crippen LogP contribution in [0, 0.1) is 6.92 Å². The summed E-state index contributed by atoms with van der Waals surface area (Å²) in [6.07, 6.45) is 4.71. The van der Waals surface area contributed by atoms with E-state index in [0.29, 0.717) is 25.0 Å². The molecule has 2 fully saturated rings. The van der Waals surface area contributed by atoms with Gasteiger partial charge in [0.25, 0.3) is 0 Å². The predicted octanol–water partition coefficient (Wildman–Crippen LogP) is 3.04. The Labute approximate surface area is 163 Å². The number of aryl methyl sites for hydroxylation is 2. The number of carbonyl (C=O) groups is 1. The van der Waals surface area contributed by atoms with Crippen LogP contribution in [0.15, 0.2) is 18.2 Å². The van der Waals surface area contributed by atoms with Gasteiger partial charge in [-0.15, -0.1) is 0 Å². The molecule has 0 atom stereocenters. The minimum atomic E-state index is 0.318. The van der Waals surface area contributed by atoms with Gasteiger partial charge in [-0.05, 0) is 56.7 Å². The van der Waals surface area contributed by atoms with Crippen molar-refractivity contribution >= 4 is 5.91 Å². The van der Waals surface area contributed by atoms with Crippen molar-refractivity contribution < 1.29 is 14.3 Å². The van der Waals surface area contributed by atoms with E-state index in [1.165, 1.54) is 11.1 Å². The third kappa shape index (κ3) is 5.69. The fourth-order valence-corrected chi connectivity index (χ4v) is 4.21. The summed E-state index contributed by atoms with van der Waals surface area (Å²) in [5, 5.41) is 0. The first-order chi connectivity index (χ1) is 13.2. The molecule has 3 rings (SSSR count). The monoisotopic (exact) mass is 374 g/mol. The Morgan fingerprint density at radius 2 is 1.93 bits per heavy atom. The number of morpholine rings is 1. The van der Waals surface area contributed by atoms with Gasteiger partial charge in [-0.3, -0.25) is 9.69 Å². The standard InChI is InChI=1S/C22H34N2O3/c1-3-27-21-8-7-19(17-18(21)2)5-4-6-22(25)24-11-9-20(10-12-24)23-13-15-26-16-14-23/h7-8,17,20H,3-6,9-16H2,1-2H3. The quantitative estimate of drug-likeness (QED) is 0.736. The second kappa shape index (κ2) is 10.1. The van der Waals surface area contributed by atoms with Crippen molar-refractivity contribution in [3.8, 4) is 5.75 Å². The van der Waals surface area contributed by atoms with Crippen molar-refractivity contribution in [1.82, 2.24) is 9.80 Å². The van der Waals surface area contributed by atoms with E-state index in [9.17, 15) is 4.79 Å². The molecule has 0 aliphatic carbocycles. The highest BCUT2D eigenvalue weighted by Gasteiger charge is 2.27. The maximum Gasteiger partial charge on any atom is 0.222 e. The Balaban J connectivity index is 1.38. The van der Waals surface area contributed by atoms with Crippen LogP contribution >= 0.6 is 0 Å². The third-order valence-corrected chi connectivity index (χ3v) is 5.77. The molecule has 0 aromatic heterocycles. The van der Waals surface area contributed by atoms with Crippen molar-refractivity contribution in [2.75, 3.05) is 46.0 Å². The molecule has 2 heterocycles. The summed E-state index contributed by atoms with van der Waals surface area (Å²) in [7, 11) is 0. The Bertz CT molecular complexity index is 606. The van der Waals surface area contributed by atoms with Gasteiger partial charge in [0.1, 0.15) is 5.75 Å². The first-order valence-corrected chi connectivity index (χ1v) is 10.5. The van der Waals surface area contributed by atoms with Crippen LogP contribution in [0.2, 0.25) is 0 Å². The van der Waals surface area contributed by atoms with E-state index >= 15 is 0 Å². The molecule has 0 bridgehead atoms. The van der Waals surface area contributed by atoms with Crippen molar-refractivity contribution in [3.05, 3.63) is 29.3 Å². The van der Waals surface area contributed by atoms with Crippen molar-refractivity contribution in [2.45, 2.75) is 52.0 Å². The fraction of sp³-hybridized carbons (Fsp3) is 0.682. The van der Waals surface area contributed by atoms with Crippen LogP contribution in [0.3, 0.4) is 0 Å². The molecule has 1 amide bonds. The zero-order chi connectivity index (χ0) is 19.1. The second-order valence-electron chi connectivity index (χ2n) is 7.65. The highest BCUT2D eigenvalue weighted by Crippen LogP contribution is 2.21. The number of hydrogen-bond acceptors (Lipinski definition) is 4. The number of hydrogen-bond donors (Lipinski definition) is 0. The summed E-state index contributed by atoms with van der Waals surface area (Å²) < 4.78 is 11.0. The zero-order valence-corrected chi connectivity index (χ0v) is 16.9. The zero-order valence-electron chi connectivity index (χ0n) is 16.9. The largest absolute Gasteiger partial charge is 0.494 e. The summed E-state index contributed by atoms with van der Waals surface area (Å²) >= 11 is 0. The number of likely N-dealkylation sites (tertiary alicyclic amines) is 1. The van der Waals surface area contributed by atoms with E-state index in [1.54, 1.807) is 0 Å².